The van der Waals surface area contributed by atoms with E-state index in [1.54, 1.807) is 18.2 Å². The Bertz CT molecular complexity index is 1130. The zero-order valence-electron chi connectivity index (χ0n) is 16.4. The van der Waals surface area contributed by atoms with E-state index < -0.39 is 17.4 Å². The quantitative estimate of drug-likeness (QED) is 0.718. The van der Waals surface area contributed by atoms with Gasteiger partial charge in [0.05, 0.1) is 23.2 Å². The number of benzene rings is 2. The fourth-order valence-corrected chi connectivity index (χ4v) is 6.38. The van der Waals surface area contributed by atoms with Crippen molar-refractivity contribution in [1.29, 1.82) is 0 Å². The number of fused-ring (bicyclic) bond motifs is 7. The summed E-state index contributed by atoms with van der Waals surface area (Å²) >= 11 is 6.32. The van der Waals surface area contributed by atoms with Gasteiger partial charge in [-0.15, -0.1) is 0 Å². The summed E-state index contributed by atoms with van der Waals surface area (Å²) in [6, 6.07) is 12.5. The van der Waals surface area contributed by atoms with Crippen LogP contribution in [0.4, 0.5) is 11.4 Å². The Labute approximate surface area is 178 Å². The predicted octanol–water partition coefficient (Wildman–Crippen LogP) is 3.08. The zero-order valence-corrected chi connectivity index (χ0v) is 17.1. The summed E-state index contributed by atoms with van der Waals surface area (Å²) in [7, 11) is 0. The molecule has 0 saturated carbocycles. The lowest BCUT2D eigenvalue weighted by atomic mass is 9.75. The second kappa shape index (κ2) is 5.93. The van der Waals surface area contributed by atoms with Gasteiger partial charge < -0.3 is 5.32 Å². The van der Waals surface area contributed by atoms with Crippen LogP contribution in [0.1, 0.15) is 24.0 Å². The first-order chi connectivity index (χ1) is 14.5. The van der Waals surface area contributed by atoms with E-state index in [9.17, 15) is 14.4 Å². The molecular weight excluding hydrogens is 402 g/mol. The lowest BCUT2D eigenvalue weighted by molar-refractivity contribution is -0.135. The molecule has 3 amide bonds. The van der Waals surface area contributed by atoms with Gasteiger partial charge in [0, 0.05) is 16.6 Å². The van der Waals surface area contributed by atoms with Gasteiger partial charge in [0.1, 0.15) is 5.54 Å². The highest BCUT2D eigenvalue weighted by Crippen LogP contribution is 2.61. The highest BCUT2D eigenvalue weighted by atomic mass is 35.5. The number of nitrogens with one attached hydrogen (secondary N) is 1. The number of rotatable bonds is 1. The summed E-state index contributed by atoms with van der Waals surface area (Å²) in [6.45, 7) is 2.56. The van der Waals surface area contributed by atoms with Gasteiger partial charge in [-0.05, 0) is 50.1 Å². The van der Waals surface area contributed by atoms with E-state index in [2.05, 4.69) is 10.2 Å². The van der Waals surface area contributed by atoms with E-state index in [0.29, 0.717) is 22.9 Å². The lowest BCUT2D eigenvalue weighted by Crippen LogP contribution is -2.54. The molecule has 152 valence electrons. The van der Waals surface area contributed by atoms with Gasteiger partial charge in [-0.1, -0.05) is 35.9 Å². The Hall–Kier alpha value is -2.70. The van der Waals surface area contributed by atoms with E-state index in [4.69, 9.17) is 11.6 Å². The number of carbonyl (C=O) groups excluding carboxylic acids is 3. The zero-order chi connectivity index (χ0) is 20.8. The number of carbonyl (C=O) groups is 3. The molecule has 0 aromatic heterocycles. The lowest BCUT2D eigenvalue weighted by Gasteiger charge is -2.36. The first kappa shape index (κ1) is 18.1. The van der Waals surface area contributed by atoms with Gasteiger partial charge in [0.25, 0.3) is 0 Å². The van der Waals surface area contributed by atoms with Gasteiger partial charge in [0.2, 0.25) is 17.7 Å². The molecule has 3 fully saturated rings. The van der Waals surface area contributed by atoms with Crippen molar-refractivity contribution in [3.63, 3.8) is 0 Å². The smallest absolute Gasteiger partial charge is 0.250 e. The van der Waals surface area contributed by atoms with Crippen molar-refractivity contribution in [3.05, 3.63) is 58.6 Å². The van der Waals surface area contributed by atoms with Crippen LogP contribution >= 0.6 is 11.6 Å². The number of para-hydroxylation sites is 1. The van der Waals surface area contributed by atoms with Crippen molar-refractivity contribution in [3.8, 4) is 0 Å². The van der Waals surface area contributed by atoms with Crippen LogP contribution in [0.2, 0.25) is 5.02 Å². The van der Waals surface area contributed by atoms with E-state index >= 15 is 0 Å². The maximum Gasteiger partial charge on any atom is 0.250 e. The average molecular weight is 422 g/mol. The third kappa shape index (κ3) is 1.92. The molecule has 2 aromatic rings. The van der Waals surface area contributed by atoms with Gasteiger partial charge in [-0.3, -0.25) is 19.3 Å². The molecule has 30 heavy (non-hydrogen) atoms. The number of amides is 3. The molecule has 4 aliphatic heterocycles. The molecule has 0 radical (unpaired) electrons. The fourth-order valence-electron chi connectivity index (χ4n) is 6.22. The molecular formula is C23H20ClN3O3. The van der Waals surface area contributed by atoms with Crippen LogP contribution in [0.15, 0.2) is 42.5 Å². The molecule has 6 rings (SSSR count). The Morgan fingerprint density at radius 1 is 1.07 bits per heavy atom. The second-order valence-corrected chi connectivity index (χ2v) is 8.98. The van der Waals surface area contributed by atoms with E-state index in [-0.39, 0.29) is 23.8 Å². The summed E-state index contributed by atoms with van der Waals surface area (Å²) in [6.07, 6.45) is 1.71. The van der Waals surface area contributed by atoms with Gasteiger partial charge in [-0.2, -0.15) is 0 Å². The normalized spacial score (nSPS) is 32.0. The summed E-state index contributed by atoms with van der Waals surface area (Å²) in [5.74, 6) is -1.97. The Morgan fingerprint density at radius 2 is 1.83 bits per heavy atom. The number of halogens is 1. The van der Waals surface area contributed by atoms with Crippen molar-refractivity contribution in [2.75, 3.05) is 16.8 Å². The van der Waals surface area contributed by atoms with Gasteiger partial charge >= 0.3 is 0 Å². The summed E-state index contributed by atoms with van der Waals surface area (Å²) < 4.78 is 0. The Balaban J connectivity index is 1.59. The van der Waals surface area contributed by atoms with Crippen molar-refractivity contribution in [2.24, 2.45) is 11.8 Å². The molecule has 4 aliphatic rings. The molecule has 4 atom stereocenters. The standard InChI is InChI=1S/C23H20ClN3O3/c1-12-15(24)10-9-14-19(12)25-22(30)23(14)18-17(16-8-5-11-26(16)23)20(28)27(21(18)29)13-6-3-2-4-7-13/h2-4,6-7,9-10,16-18H,5,8,11H2,1H3,(H,25,30)/t16-,17-,18-,23-/m0/s1. The first-order valence-electron chi connectivity index (χ1n) is 10.3. The Morgan fingerprint density at radius 3 is 2.60 bits per heavy atom. The van der Waals surface area contributed by atoms with Crippen LogP contribution in [0, 0.1) is 18.8 Å². The van der Waals surface area contributed by atoms with E-state index in [1.807, 2.05) is 31.2 Å². The second-order valence-electron chi connectivity index (χ2n) is 8.57. The molecule has 3 saturated heterocycles. The van der Waals surface area contributed by atoms with E-state index in [1.165, 1.54) is 4.90 Å². The van der Waals surface area contributed by atoms with Gasteiger partial charge in [-0.25, -0.2) is 4.90 Å². The van der Waals surface area contributed by atoms with Crippen LogP contribution < -0.4 is 10.2 Å². The largest absolute Gasteiger partial charge is 0.324 e. The molecule has 0 unspecified atom stereocenters. The highest BCUT2D eigenvalue weighted by molar-refractivity contribution is 6.32. The number of hydrogen-bond acceptors (Lipinski definition) is 4. The fraction of sp³-hybridized carbons (Fsp3) is 0.348. The number of imide groups is 1. The van der Waals surface area contributed by atoms with Crippen molar-refractivity contribution in [1.82, 2.24) is 4.90 Å². The molecule has 4 heterocycles. The summed E-state index contributed by atoms with van der Waals surface area (Å²) in [4.78, 5) is 44.3. The maximum atomic E-state index is 13.8. The van der Waals surface area contributed by atoms with Crippen LogP contribution in [0.3, 0.4) is 0 Å². The molecule has 7 heteroatoms. The van der Waals surface area contributed by atoms with Crippen molar-refractivity contribution in [2.45, 2.75) is 31.3 Å². The minimum absolute atomic E-state index is 0.118. The molecule has 1 spiro atoms. The van der Waals surface area contributed by atoms with Crippen molar-refractivity contribution < 1.29 is 14.4 Å². The highest BCUT2D eigenvalue weighted by Gasteiger charge is 2.74. The van der Waals surface area contributed by atoms with Crippen LogP contribution in [-0.4, -0.2) is 35.2 Å². The predicted molar refractivity (Wildman–Crippen MR) is 112 cm³/mol. The van der Waals surface area contributed by atoms with Crippen LogP contribution in [0.5, 0.6) is 0 Å². The summed E-state index contributed by atoms with van der Waals surface area (Å²) in [5.41, 5.74) is 1.64. The summed E-state index contributed by atoms with van der Waals surface area (Å²) in [5, 5.41) is 3.58. The first-order valence-corrected chi connectivity index (χ1v) is 10.7. The minimum Gasteiger partial charge on any atom is -0.324 e. The van der Waals surface area contributed by atoms with Crippen molar-refractivity contribution >= 4 is 40.7 Å². The average Bonchev–Trinajstić information content (AvgIpc) is 3.44. The van der Waals surface area contributed by atoms with Gasteiger partial charge in [0.15, 0.2) is 0 Å². The maximum absolute atomic E-state index is 13.8. The third-order valence-corrected chi connectivity index (χ3v) is 7.79. The number of nitrogens with zero attached hydrogens (tertiary/aromatic N) is 2. The topological polar surface area (TPSA) is 69.7 Å². The third-order valence-electron chi connectivity index (χ3n) is 7.38. The van der Waals surface area contributed by atoms with Crippen LogP contribution in [-0.2, 0) is 19.9 Å². The molecule has 6 nitrogen and oxygen atoms in total. The number of hydrogen-bond donors (Lipinski definition) is 1. The van der Waals surface area contributed by atoms with E-state index in [0.717, 1.165) is 24.0 Å². The molecule has 0 aliphatic carbocycles. The SMILES string of the molecule is Cc1c(Cl)ccc2c1NC(=O)[C@@]21[C@@H]2C(=O)N(c3ccccc3)C(=O)[C@H]2[C@@H]2CCCN21. The number of anilines is 2. The van der Waals surface area contributed by atoms with Crippen LogP contribution in [0.25, 0.3) is 0 Å². The monoisotopic (exact) mass is 421 g/mol. The molecule has 0 bridgehead atoms. The molecule has 2 aromatic carbocycles. The minimum atomic E-state index is -1.16. The molecule has 1 N–H and O–H groups in total. The Kier molecular flexibility index (Phi) is 3.58.